The molecule has 5 rings (SSSR count). The smallest absolute Gasteiger partial charge is 0.252 e. The average molecular weight is 473 g/mol. The van der Waals surface area contributed by atoms with Gasteiger partial charge in [0.2, 0.25) is 0 Å². The fraction of sp³-hybridized carbons (Fsp3) is 0.462. The van der Waals surface area contributed by atoms with Gasteiger partial charge in [0.15, 0.2) is 0 Å². The van der Waals surface area contributed by atoms with Crippen LogP contribution in [-0.4, -0.2) is 53.8 Å². The van der Waals surface area contributed by atoms with Gasteiger partial charge in [0, 0.05) is 50.7 Å². The number of fused-ring (bicyclic) bond motifs is 2. The molecule has 0 bridgehead atoms. The van der Waals surface area contributed by atoms with E-state index in [2.05, 4.69) is 47.2 Å². The number of pyridine rings is 2. The van der Waals surface area contributed by atoms with Crippen LogP contribution in [0.5, 0.6) is 0 Å². The molecule has 0 aliphatic carbocycles. The van der Waals surface area contributed by atoms with E-state index in [0.29, 0.717) is 6.04 Å². The Bertz CT molecular complexity index is 1420. The van der Waals surface area contributed by atoms with Crippen molar-refractivity contribution in [2.45, 2.75) is 58.3 Å². The molecule has 4 aromatic heterocycles. The van der Waals surface area contributed by atoms with Crippen LogP contribution in [0.2, 0.25) is 0 Å². The van der Waals surface area contributed by atoms with Crippen LogP contribution in [0.4, 0.5) is 5.69 Å². The molecule has 5 heterocycles. The van der Waals surface area contributed by atoms with Crippen LogP contribution in [0, 0.1) is 11.3 Å². The number of imidazole rings is 1. The topological polar surface area (TPSA) is 87.4 Å². The van der Waals surface area contributed by atoms with Crippen molar-refractivity contribution in [1.82, 2.24) is 28.6 Å². The second-order valence-corrected chi connectivity index (χ2v) is 9.43. The molecule has 182 valence electrons. The van der Waals surface area contributed by atoms with E-state index in [0.717, 1.165) is 54.0 Å². The molecule has 3 atom stereocenters. The fourth-order valence-corrected chi connectivity index (χ4v) is 5.39. The Morgan fingerprint density at radius 3 is 2.69 bits per heavy atom. The zero-order valence-corrected chi connectivity index (χ0v) is 20.8. The summed E-state index contributed by atoms with van der Waals surface area (Å²) in [5.41, 5.74) is 4.37. The summed E-state index contributed by atoms with van der Waals surface area (Å²) in [6.07, 6.45) is 7.90. The van der Waals surface area contributed by atoms with Crippen LogP contribution >= 0.6 is 0 Å². The van der Waals surface area contributed by atoms with Gasteiger partial charge in [-0.1, -0.05) is 19.9 Å². The predicted molar refractivity (Wildman–Crippen MR) is 136 cm³/mol. The highest BCUT2D eigenvalue weighted by atomic mass is 16.1. The second kappa shape index (κ2) is 9.19. The normalized spacial score (nSPS) is 19.9. The van der Waals surface area contributed by atoms with Crippen molar-refractivity contribution in [1.29, 1.82) is 5.26 Å². The lowest BCUT2D eigenvalue weighted by Gasteiger charge is -2.49. The molecule has 1 fully saturated rings. The highest BCUT2D eigenvalue weighted by Crippen LogP contribution is 2.34. The Hall–Kier alpha value is -3.64. The minimum absolute atomic E-state index is 0.0626. The van der Waals surface area contributed by atoms with Crippen molar-refractivity contribution in [2.75, 3.05) is 18.0 Å². The van der Waals surface area contributed by atoms with E-state index in [-0.39, 0.29) is 24.2 Å². The zero-order chi connectivity index (χ0) is 24.7. The van der Waals surface area contributed by atoms with E-state index in [1.807, 2.05) is 24.4 Å². The number of aryl methyl sites for hydroxylation is 1. The Morgan fingerprint density at radius 1 is 1.17 bits per heavy atom. The van der Waals surface area contributed by atoms with Crippen molar-refractivity contribution < 1.29 is 0 Å². The summed E-state index contributed by atoms with van der Waals surface area (Å²) in [6, 6.07) is 10.6. The molecule has 0 aromatic carbocycles. The van der Waals surface area contributed by atoms with Gasteiger partial charge in [-0.3, -0.25) is 14.4 Å². The number of rotatable bonds is 6. The SMILES string of the molecule is CC[C@H]1CN(C(C)c2cn3ccccc3n2)[C@H](CC)CN1c1cc(=O)n(C)c2cn(CC#N)nc12. The van der Waals surface area contributed by atoms with Crippen LogP contribution in [0.3, 0.4) is 0 Å². The van der Waals surface area contributed by atoms with Gasteiger partial charge in [-0.2, -0.15) is 10.4 Å². The maximum atomic E-state index is 12.9. The molecule has 0 spiro atoms. The maximum absolute atomic E-state index is 12.9. The molecular formula is C26H32N8O. The van der Waals surface area contributed by atoms with Crippen LogP contribution in [0.25, 0.3) is 16.7 Å². The monoisotopic (exact) mass is 472 g/mol. The van der Waals surface area contributed by atoms with E-state index >= 15 is 0 Å². The van der Waals surface area contributed by atoms with E-state index < -0.39 is 0 Å². The maximum Gasteiger partial charge on any atom is 0.252 e. The Kier molecular flexibility index (Phi) is 6.07. The zero-order valence-electron chi connectivity index (χ0n) is 20.8. The molecule has 0 amide bonds. The molecular weight excluding hydrogens is 440 g/mol. The molecule has 0 radical (unpaired) electrons. The predicted octanol–water partition coefficient (Wildman–Crippen LogP) is 3.35. The Labute approximate surface area is 204 Å². The minimum Gasteiger partial charge on any atom is -0.364 e. The van der Waals surface area contributed by atoms with Gasteiger partial charge < -0.3 is 13.9 Å². The van der Waals surface area contributed by atoms with Gasteiger partial charge in [0.1, 0.15) is 17.7 Å². The molecule has 4 aromatic rings. The fourth-order valence-electron chi connectivity index (χ4n) is 5.39. The number of hydrogen-bond donors (Lipinski definition) is 0. The van der Waals surface area contributed by atoms with Crippen molar-refractivity contribution in [3.8, 4) is 6.07 Å². The molecule has 0 N–H and O–H groups in total. The summed E-state index contributed by atoms with van der Waals surface area (Å²) in [6.45, 7) is 8.50. The highest BCUT2D eigenvalue weighted by Gasteiger charge is 2.37. The summed E-state index contributed by atoms with van der Waals surface area (Å²) >= 11 is 0. The lowest BCUT2D eigenvalue weighted by molar-refractivity contribution is 0.0994. The lowest BCUT2D eigenvalue weighted by atomic mass is 9.98. The summed E-state index contributed by atoms with van der Waals surface area (Å²) in [7, 11) is 1.76. The number of anilines is 1. The third-order valence-electron chi connectivity index (χ3n) is 7.47. The van der Waals surface area contributed by atoms with E-state index in [1.165, 1.54) is 0 Å². The summed E-state index contributed by atoms with van der Waals surface area (Å²) in [5, 5.41) is 13.8. The molecule has 1 unspecified atom stereocenters. The van der Waals surface area contributed by atoms with Gasteiger partial charge in [-0.05, 0) is 31.9 Å². The van der Waals surface area contributed by atoms with Gasteiger partial charge in [-0.15, -0.1) is 0 Å². The quantitative estimate of drug-likeness (QED) is 0.428. The van der Waals surface area contributed by atoms with E-state index in [1.54, 1.807) is 28.6 Å². The lowest BCUT2D eigenvalue weighted by Crippen LogP contribution is -2.58. The standard InChI is InChI=1S/C26H32N8O/c1-5-19-15-34(22-13-25(35)30(4)23-17-32(12-10-27)29-26(22)23)20(6-2)14-33(19)18(3)21-16-31-11-8-7-9-24(31)28-21/h7-9,11,13,16-20H,5-6,12,14-15H2,1-4H3/t18?,19-,20+/m1/s1. The van der Waals surface area contributed by atoms with Crippen LogP contribution < -0.4 is 10.5 Å². The Balaban J connectivity index is 1.51. The number of aromatic nitrogens is 5. The summed E-state index contributed by atoms with van der Waals surface area (Å²) in [5.74, 6) is 0. The van der Waals surface area contributed by atoms with Crippen LogP contribution in [0.1, 0.15) is 45.3 Å². The molecule has 1 aliphatic rings. The average Bonchev–Trinajstić information content (AvgIpc) is 3.50. The van der Waals surface area contributed by atoms with Crippen LogP contribution in [-0.2, 0) is 13.6 Å². The first kappa shape index (κ1) is 23.1. The van der Waals surface area contributed by atoms with E-state index in [9.17, 15) is 4.79 Å². The molecule has 0 saturated carbocycles. The molecule has 1 saturated heterocycles. The van der Waals surface area contributed by atoms with Crippen molar-refractivity contribution in [3.63, 3.8) is 0 Å². The minimum atomic E-state index is -0.0626. The molecule has 9 nitrogen and oxygen atoms in total. The largest absolute Gasteiger partial charge is 0.364 e. The number of nitriles is 1. The van der Waals surface area contributed by atoms with Crippen molar-refractivity contribution in [3.05, 3.63) is 58.9 Å². The third kappa shape index (κ3) is 3.98. The Morgan fingerprint density at radius 2 is 1.97 bits per heavy atom. The first-order chi connectivity index (χ1) is 16.9. The first-order valence-electron chi connectivity index (χ1n) is 12.3. The van der Waals surface area contributed by atoms with Gasteiger partial charge in [0.05, 0.1) is 35.2 Å². The summed E-state index contributed by atoms with van der Waals surface area (Å²) in [4.78, 5) is 22.7. The van der Waals surface area contributed by atoms with Gasteiger partial charge in [-0.25, -0.2) is 4.98 Å². The molecule has 35 heavy (non-hydrogen) atoms. The third-order valence-corrected chi connectivity index (χ3v) is 7.47. The summed E-state index contributed by atoms with van der Waals surface area (Å²) < 4.78 is 5.31. The second-order valence-electron chi connectivity index (χ2n) is 9.43. The number of piperazine rings is 1. The van der Waals surface area contributed by atoms with Crippen molar-refractivity contribution in [2.24, 2.45) is 7.05 Å². The number of nitrogens with zero attached hydrogens (tertiary/aromatic N) is 8. The number of hydrogen-bond acceptors (Lipinski definition) is 6. The molecule has 9 heteroatoms. The van der Waals surface area contributed by atoms with E-state index in [4.69, 9.17) is 15.3 Å². The van der Waals surface area contributed by atoms with Gasteiger partial charge in [0.25, 0.3) is 5.56 Å². The van der Waals surface area contributed by atoms with Crippen molar-refractivity contribution >= 4 is 22.4 Å². The van der Waals surface area contributed by atoms with Gasteiger partial charge >= 0.3 is 0 Å². The van der Waals surface area contributed by atoms with Crippen LogP contribution in [0.15, 0.2) is 47.7 Å². The highest BCUT2D eigenvalue weighted by molar-refractivity contribution is 5.88. The first-order valence-corrected chi connectivity index (χ1v) is 12.3. The molecule has 1 aliphatic heterocycles.